The van der Waals surface area contributed by atoms with Gasteiger partial charge < -0.3 is 5.11 Å². The number of rotatable bonds is 2. The zero-order chi connectivity index (χ0) is 10.8. The Kier molecular flexibility index (Phi) is 2.90. The van der Waals surface area contributed by atoms with Crippen LogP contribution >= 0.6 is 0 Å². The van der Waals surface area contributed by atoms with Crippen LogP contribution < -0.4 is 10.3 Å². The van der Waals surface area contributed by atoms with Crippen LogP contribution in [-0.4, -0.2) is 10.4 Å². The first-order chi connectivity index (χ1) is 7.20. The molecule has 1 aliphatic carbocycles. The van der Waals surface area contributed by atoms with Gasteiger partial charge in [-0.15, -0.1) is 0 Å². The molecule has 84 valence electrons. The van der Waals surface area contributed by atoms with Gasteiger partial charge in [-0.1, -0.05) is 11.1 Å². The highest BCUT2D eigenvalue weighted by atomic mass is 16.5. The molecule has 0 aromatic carbocycles. The van der Waals surface area contributed by atoms with Crippen LogP contribution in [0.5, 0.6) is 0 Å². The number of nitrogens with one attached hydrogen (secondary N) is 1. The standard InChI is InChI=1S/C10H16N2O3/c1-7(13)9-10(14)15-11-12(9)8-5-3-2-4-6-8/h7-8,13H,2-6H2,1H3/p+1. The molecule has 5 nitrogen and oxygen atoms in total. The van der Waals surface area contributed by atoms with Crippen molar-refractivity contribution >= 4 is 0 Å². The summed E-state index contributed by atoms with van der Waals surface area (Å²) < 4.78 is 6.43. The zero-order valence-corrected chi connectivity index (χ0v) is 8.90. The largest absolute Gasteiger partial charge is 0.432 e. The Morgan fingerprint density at radius 3 is 2.73 bits per heavy atom. The Labute approximate surface area is 87.7 Å². The average Bonchev–Trinajstić information content (AvgIpc) is 2.61. The molecular weight excluding hydrogens is 196 g/mol. The number of aromatic nitrogens is 2. The van der Waals surface area contributed by atoms with Crippen molar-refractivity contribution in [1.82, 2.24) is 5.27 Å². The molecule has 1 heterocycles. The lowest BCUT2D eigenvalue weighted by molar-refractivity contribution is -0.795. The maximum atomic E-state index is 11.3. The van der Waals surface area contributed by atoms with E-state index in [0.29, 0.717) is 5.69 Å². The third-order valence-corrected chi connectivity index (χ3v) is 3.04. The van der Waals surface area contributed by atoms with Crippen molar-refractivity contribution in [2.45, 2.75) is 51.2 Å². The Balaban J connectivity index is 2.30. The summed E-state index contributed by atoms with van der Waals surface area (Å²) in [5.74, 6) is 0. The first-order valence-electron chi connectivity index (χ1n) is 5.51. The fourth-order valence-electron chi connectivity index (χ4n) is 2.27. The predicted octanol–water partition coefficient (Wildman–Crippen LogP) is 0.814. The van der Waals surface area contributed by atoms with Crippen molar-refractivity contribution in [3.8, 4) is 0 Å². The normalized spacial score (nSPS) is 20.4. The van der Waals surface area contributed by atoms with Gasteiger partial charge in [0.25, 0.3) is 0 Å². The molecule has 1 unspecified atom stereocenters. The number of hydrogen-bond donors (Lipinski definition) is 2. The zero-order valence-electron chi connectivity index (χ0n) is 8.90. The van der Waals surface area contributed by atoms with Gasteiger partial charge in [-0.25, -0.2) is 4.79 Å². The van der Waals surface area contributed by atoms with Crippen molar-refractivity contribution in [3.05, 3.63) is 16.1 Å². The van der Waals surface area contributed by atoms with Gasteiger partial charge >= 0.3 is 11.3 Å². The number of H-pyrrole nitrogens is 1. The summed E-state index contributed by atoms with van der Waals surface area (Å²) in [5.41, 5.74) is -0.127. The van der Waals surface area contributed by atoms with Gasteiger partial charge in [0.1, 0.15) is 6.10 Å². The van der Waals surface area contributed by atoms with Crippen LogP contribution in [-0.2, 0) is 0 Å². The van der Waals surface area contributed by atoms with Gasteiger partial charge in [-0.3, -0.25) is 4.52 Å². The monoisotopic (exact) mass is 213 g/mol. The summed E-state index contributed by atoms with van der Waals surface area (Å²) in [6, 6.07) is 0.273. The summed E-state index contributed by atoms with van der Waals surface area (Å²) in [6.45, 7) is 1.58. The van der Waals surface area contributed by atoms with Crippen molar-refractivity contribution in [2.75, 3.05) is 0 Å². The smallest absolute Gasteiger partial charge is 0.382 e. The highest BCUT2D eigenvalue weighted by Gasteiger charge is 2.33. The third-order valence-electron chi connectivity index (χ3n) is 3.04. The maximum Gasteiger partial charge on any atom is 0.432 e. The molecule has 0 spiro atoms. The van der Waals surface area contributed by atoms with Crippen LogP contribution in [0.1, 0.15) is 56.9 Å². The van der Waals surface area contributed by atoms with E-state index < -0.39 is 11.7 Å². The summed E-state index contributed by atoms with van der Waals surface area (Å²) in [6.07, 6.45) is 4.89. The molecular formula is C10H17N2O3+. The molecule has 0 saturated heterocycles. The second kappa shape index (κ2) is 4.18. The first kappa shape index (κ1) is 10.4. The molecule has 1 aromatic rings. The minimum Gasteiger partial charge on any atom is -0.382 e. The highest BCUT2D eigenvalue weighted by Crippen LogP contribution is 2.23. The van der Waals surface area contributed by atoms with E-state index in [-0.39, 0.29) is 6.04 Å². The van der Waals surface area contributed by atoms with E-state index in [1.54, 1.807) is 11.6 Å². The summed E-state index contributed by atoms with van der Waals surface area (Å²) in [7, 11) is 0. The molecule has 0 aliphatic heterocycles. The van der Waals surface area contributed by atoms with E-state index in [2.05, 4.69) is 5.27 Å². The fourth-order valence-corrected chi connectivity index (χ4v) is 2.27. The number of aromatic amines is 1. The van der Waals surface area contributed by atoms with E-state index in [4.69, 9.17) is 4.52 Å². The fraction of sp³-hybridized carbons (Fsp3) is 0.800. The van der Waals surface area contributed by atoms with Crippen molar-refractivity contribution < 1.29 is 14.3 Å². The van der Waals surface area contributed by atoms with Crippen LogP contribution in [0.15, 0.2) is 9.32 Å². The van der Waals surface area contributed by atoms with E-state index in [9.17, 15) is 9.90 Å². The molecule has 2 rings (SSSR count). The van der Waals surface area contributed by atoms with Crippen molar-refractivity contribution in [3.63, 3.8) is 0 Å². The molecule has 1 aromatic heterocycles. The van der Waals surface area contributed by atoms with Gasteiger partial charge in [0.05, 0.1) is 0 Å². The predicted molar refractivity (Wildman–Crippen MR) is 52.3 cm³/mol. The summed E-state index contributed by atoms with van der Waals surface area (Å²) in [5, 5.41) is 12.1. The third kappa shape index (κ3) is 1.97. The van der Waals surface area contributed by atoms with Crippen molar-refractivity contribution in [1.29, 1.82) is 0 Å². The molecule has 1 fully saturated rings. The topological polar surface area (TPSA) is 70.1 Å². The molecule has 0 bridgehead atoms. The molecule has 1 saturated carbocycles. The molecule has 15 heavy (non-hydrogen) atoms. The Morgan fingerprint density at radius 2 is 2.13 bits per heavy atom. The van der Waals surface area contributed by atoms with Crippen LogP contribution in [0.4, 0.5) is 0 Å². The lowest BCUT2D eigenvalue weighted by Gasteiger charge is -2.15. The summed E-state index contributed by atoms with van der Waals surface area (Å²) in [4.78, 5) is 11.3. The van der Waals surface area contributed by atoms with E-state index in [1.165, 1.54) is 19.3 Å². The number of hydrogen-bond acceptors (Lipinski definition) is 3. The number of nitrogens with zero attached hydrogens (tertiary/aromatic N) is 1. The van der Waals surface area contributed by atoms with E-state index in [0.717, 1.165) is 12.8 Å². The minimum absolute atomic E-state index is 0.273. The molecule has 1 atom stereocenters. The molecule has 0 radical (unpaired) electrons. The second-order valence-electron chi connectivity index (χ2n) is 4.20. The molecule has 0 amide bonds. The van der Waals surface area contributed by atoms with Crippen LogP contribution in [0.2, 0.25) is 0 Å². The van der Waals surface area contributed by atoms with E-state index in [1.807, 2.05) is 0 Å². The number of aliphatic hydroxyl groups is 1. The van der Waals surface area contributed by atoms with Crippen LogP contribution in [0.25, 0.3) is 0 Å². The van der Waals surface area contributed by atoms with E-state index >= 15 is 0 Å². The van der Waals surface area contributed by atoms with Gasteiger partial charge in [0.15, 0.2) is 6.04 Å². The first-order valence-corrected chi connectivity index (χ1v) is 5.51. The lowest BCUT2D eigenvalue weighted by atomic mass is 9.95. The molecule has 2 N–H and O–H groups in total. The van der Waals surface area contributed by atoms with Gasteiger partial charge in [-0.05, 0) is 25.0 Å². The van der Waals surface area contributed by atoms with Gasteiger partial charge in [0.2, 0.25) is 0 Å². The summed E-state index contributed by atoms with van der Waals surface area (Å²) >= 11 is 0. The molecule has 1 aliphatic rings. The highest BCUT2D eigenvalue weighted by molar-refractivity contribution is 4.87. The SMILES string of the molecule is CC(O)c1c(=O)o[nH][n+]1C1CCCCC1. The Hall–Kier alpha value is -1.10. The Bertz CT molecular complexity index is 374. The molecule has 5 heteroatoms. The van der Waals surface area contributed by atoms with Gasteiger partial charge in [0, 0.05) is 12.8 Å². The average molecular weight is 213 g/mol. The Morgan fingerprint density at radius 1 is 1.47 bits per heavy atom. The maximum absolute atomic E-state index is 11.3. The van der Waals surface area contributed by atoms with Crippen molar-refractivity contribution in [2.24, 2.45) is 0 Å². The lowest BCUT2D eigenvalue weighted by Crippen LogP contribution is -2.47. The van der Waals surface area contributed by atoms with Crippen LogP contribution in [0.3, 0.4) is 0 Å². The van der Waals surface area contributed by atoms with Crippen LogP contribution in [0, 0.1) is 0 Å². The number of aliphatic hydroxyl groups excluding tert-OH is 1. The second-order valence-corrected chi connectivity index (χ2v) is 4.20. The van der Waals surface area contributed by atoms with Gasteiger partial charge in [-0.2, -0.15) is 0 Å². The quantitative estimate of drug-likeness (QED) is 0.714. The minimum atomic E-state index is -0.783.